The Morgan fingerprint density at radius 3 is 2.55 bits per heavy atom. The summed E-state index contributed by atoms with van der Waals surface area (Å²) in [6.07, 6.45) is 3.10. The van der Waals surface area contributed by atoms with Gasteiger partial charge in [-0.15, -0.1) is 0 Å². The number of methoxy groups -OCH3 is 1. The molecule has 3 aromatic carbocycles. The van der Waals surface area contributed by atoms with Crippen molar-refractivity contribution < 1.29 is 9.47 Å². The number of hydrogen-bond acceptors (Lipinski definition) is 5. The normalized spacial score (nSPS) is 16.2. The highest BCUT2D eigenvalue weighted by molar-refractivity contribution is 5.82. The maximum absolute atomic E-state index is 14.2. The molecule has 6 heteroatoms. The molecule has 0 aliphatic carbocycles. The Labute approximate surface area is 224 Å². The van der Waals surface area contributed by atoms with Gasteiger partial charge >= 0.3 is 0 Å². The predicted molar refractivity (Wildman–Crippen MR) is 153 cm³/mol. The molecule has 1 aliphatic rings. The monoisotopic (exact) mass is 511 g/mol. The third-order valence-corrected chi connectivity index (χ3v) is 7.58. The fourth-order valence-electron chi connectivity index (χ4n) is 5.46. The Kier molecular flexibility index (Phi) is 7.79. The number of piperidine rings is 1. The van der Waals surface area contributed by atoms with Crippen molar-refractivity contribution in [3.63, 3.8) is 0 Å². The van der Waals surface area contributed by atoms with Crippen LogP contribution in [-0.2, 0) is 13.0 Å². The van der Waals surface area contributed by atoms with E-state index < -0.39 is 0 Å². The van der Waals surface area contributed by atoms with Crippen LogP contribution in [0.5, 0.6) is 17.2 Å². The van der Waals surface area contributed by atoms with Gasteiger partial charge in [0.15, 0.2) is 0 Å². The van der Waals surface area contributed by atoms with Crippen molar-refractivity contribution >= 4 is 10.9 Å². The molecule has 0 radical (unpaired) electrons. The van der Waals surface area contributed by atoms with Crippen LogP contribution in [0.2, 0.25) is 0 Å². The van der Waals surface area contributed by atoms with E-state index in [-0.39, 0.29) is 5.56 Å². The maximum atomic E-state index is 14.2. The summed E-state index contributed by atoms with van der Waals surface area (Å²) in [6.45, 7) is 9.29. The number of nitrogens with zero attached hydrogens (tertiary/aromatic N) is 3. The predicted octanol–water partition coefficient (Wildman–Crippen LogP) is 6.55. The van der Waals surface area contributed by atoms with Crippen LogP contribution in [0.4, 0.5) is 0 Å². The summed E-state index contributed by atoms with van der Waals surface area (Å²) in [6, 6.07) is 21.9. The number of aryl methyl sites for hydroxylation is 1. The molecule has 1 aliphatic heterocycles. The molecule has 0 amide bonds. The second-order valence-electron chi connectivity index (χ2n) is 10.4. The number of para-hydroxylation sites is 2. The van der Waals surface area contributed by atoms with Gasteiger partial charge in [0.2, 0.25) is 0 Å². The maximum Gasteiger partial charge on any atom is 0.261 e. The highest BCUT2D eigenvalue weighted by Crippen LogP contribution is 2.32. The van der Waals surface area contributed by atoms with E-state index in [2.05, 4.69) is 31.7 Å². The lowest BCUT2D eigenvalue weighted by Crippen LogP contribution is -2.42. The summed E-state index contributed by atoms with van der Waals surface area (Å²) < 4.78 is 13.8. The Morgan fingerprint density at radius 2 is 1.79 bits per heavy atom. The zero-order chi connectivity index (χ0) is 26.6. The quantitative estimate of drug-likeness (QED) is 0.269. The minimum atomic E-state index is -0.0493. The van der Waals surface area contributed by atoms with Gasteiger partial charge in [0.05, 0.1) is 23.6 Å². The fourth-order valence-corrected chi connectivity index (χ4v) is 5.46. The minimum absolute atomic E-state index is 0.0493. The van der Waals surface area contributed by atoms with E-state index in [9.17, 15) is 4.79 Å². The van der Waals surface area contributed by atoms with Crippen molar-refractivity contribution in [1.29, 1.82) is 0 Å². The number of fused-ring (bicyclic) bond motifs is 1. The van der Waals surface area contributed by atoms with Crippen LogP contribution in [-0.4, -0.2) is 40.7 Å². The highest BCUT2D eigenvalue weighted by Gasteiger charge is 2.25. The molecule has 1 aromatic heterocycles. The summed E-state index contributed by atoms with van der Waals surface area (Å²) in [5, 5.41) is 0.562. The summed E-state index contributed by atoms with van der Waals surface area (Å²) in [7, 11) is 1.65. The average Bonchev–Trinajstić information content (AvgIpc) is 2.95. The van der Waals surface area contributed by atoms with E-state index in [1.807, 2.05) is 65.2 Å². The minimum Gasteiger partial charge on any atom is -0.496 e. The average molecular weight is 512 g/mol. The second kappa shape index (κ2) is 11.4. The molecule has 1 saturated heterocycles. The first kappa shape index (κ1) is 26.0. The molecule has 6 nitrogen and oxygen atoms in total. The molecular weight excluding hydrogens is 474 g/mol. The number of rotatable bonds is 8. The summed E-state index contributed by atoms with van der Waals surface area (Å²) in [5.74, 6) is 3.16. The van der Waals surface area contributed by atoms with Gasteiger partial charge in [-0.05, 0) is 87.5 Å². The number of benzene rings is 3. The lowest BCUT2D eigenvalue weighted by Gasteiger charge is -2.36. The van der Waals surface area contributed by atoms with Crippen LogP contribution >= 0.6 is 0 Å². The molecule has 4 aromatic rings. The lowest BCUT2D eigenvalue weighted by molar-refractivity contribution is 0.130. The lowest BCUT2D eigenvalue weighted by atomic mass is 9.96. The van der Waals surface area contributed by atoms with Crippen molar-refractivity contribution in [2.75, 3.05) is 20.2 Å². The molecule has 0 spiro atoms. The van der Waals surface area contributed by atoms with E-state index in [0.717, 1.165) is 49.2 Å². The molecule has 1 atom stereocenters. The van der Waals surface area contributed by atoms with E-state index in [1.54, 1.807) is 7.11 Å². The SMILES string of the molecule is CCc1ccccc1Oc1ccc2nc(-c3ccccc3OC)n(CC3CCCN(C(C)C)C3)c(=O)c2c1. The van der Waals surface area contributed by atoms with E-state index in [0.29, 0.717) is 46.7 Å². The Morgan fingerprint density at radius 1 is 1.03 bits per heavy atom. The Balaban J connectivity index is 1.61. The largest absolute Gasteiger partial charge is 0.496 e. The first-order chi connectivity index (χ1) is 18.5. The Hall–Kier alpha value is -3.64. The topological polar surface area (TPSA) is 56.6 Å². The van der Waals surface area contributed by atoms with E-state index in [1.165, 1.54) is 0 Å². The molecular formula is C32H37N3O3. The number of hydrogen-bond donors (Lipinski definition) is 0. The molecule has 0 N–H and O–H groups in total. The molecule has 0 saturated carbocycles. The van der Waals surface area contributed by atoms with Gasteiger partial charge in [0, 0.05) is 19.1 Å². The van der Waals surface area contributed by atoms with Gasteiger partial charge < -0.3 is 14.4 Å². The van der Waals surface area contributed by atoms with Crippen molar-refractivity contribution in [2.24, 2.45) is 5.92 Å². The smallest absolute Gasteiger partial charge is 0.261 e. The van der Waals surface area contributed by atoms with Crippen molar-refractivity contribution in [2.45, 2.75) is 52.6 Å². The molecule has 38 heavy (non-hydrogen) atoms. The highest BCUT2D eigenvalue weighted by atomic mass is 16.5. The third-order valence-electron chi connectivity index (χ3n) is 7.58. The van der Waals surface area contributed by atoms with Gasteiger partial charge in [-0.2, -0.15) is 0 Å². The first-order valence-corrected chi connectivity index (χ1v) is 13.7. The number of ether oxygens (including phenoxy) is 2. The molecule has 0 bridgehead atoms. The van der Waals surface area contributed by atoms with Crippen LogP contribution in [0, 0.1) is 5.92 Å². The number of aromatic nitrogens is 2. The standard InChI is InChI=1S/C32H37N3O3/c1-5-24-12-6-8-14-29(24)38-25-16-17-28-27(19-25)32(36)35(21-23-11-10-18-34(20-23)22(2)3)31(33-28)26-13-7-9-15-30(26)37-4/h6-9,12-17,19,22-23H,5,10-11,18,20-21H2,1-4H3. The van der Waals surface area contributed by atoms with Gasteiger partial charge in [-0.1, -0.05) is 37.3 Å². The first-order valence-electron chi connectivity index (χ1n) is 13.7. The molecule has 5 rings (SSSR count). The Bertz CT molecular complexity index is 1480. The number of likely N-dealkylation sites (tertiary alicyclic amines) is 1. The van der Waals surface area contributed by atoms with Crippen molar-refractivity contribution in [1.82, 2.24) is 14.5 Å². The van der Waals surface area contributed by atoms with Gasteiger partial charge in [-0.3, -0.25) is 9.36 Å². The van der Waals surface area contributed by atoms with Crippen LogP contribution < -0.4 is 15.0 Å². The van der Waals surface area contributed by atoms with E-state index >= 15 is 0 Å². The summed E-state index contributed by atoms with van der Waals surface area (Å²) >= 11 is 0. The molecule has 1 unspecified atom stereocenters. The summed E-state index contributed by atoms with van der Waals surface area (Å²) in [4.78, 5) is 21.7. The van der Waals surface area contributed by atoms with Crippen molar-refractivity contribution in [3.8, 4) is 28.6 Å². The van der Waals surface area contributed by atoms with E-state index in [4.69, 9.17) is 14.5 Å². The van der Waals surface area contributed by atoms with Crippen molar-refractivity contribution in [3.05, 3.63) is 82.6 Å². The molecule has 1 fully saturated rings. The zero-order valence-corrected chi connectivity index (χ0v) is 22.8. The van der Waals surface area contributed by atoms with Crippen LogP contribution in [0.25, 0.3) is 22.3 Å². The van der Waals surface area contributed by atoms with Crippen LogP contribution in [0.15, 0.2) is 71.5 Å². The van der Waals surface area contributed by atoms with Gasteiger partial charge in [-0.25, -0.2) is 4.98 Å². The second-order valence-corrected chi connectivity index (χ2v) is 10.4. The third kappa shape index (κ3) is 5.32. The van der Waals surface area contributed by atoms with Gasteiger partial charge in [0.25, 0.3) is 5.56 Å². The molecule has 198 valence electrons. The van der Waals surface area contributed by atoms with Crippen LogP contribution in [0.3, 0.4) is 0 Å². The fraction of sp³-hybridized carbons (Fsp3) is 0.375. The molecule has 2 heterocycles. The summed E-state index contributed by atoms with van der Waals surface area (Å²) in [5.41, 5.74) is 2.55. The van der Waals surface area contributed by atoms with Crippen LogP contribution in [0.1, 0.15) is 39.2 Å². The zero-order valence-electron chi connectivity index (χ0n) is 22.8. The van der Waals surface area contributed by atoms with Gasteiger partial charge in [0.1, 0.15) is 23.1 Å².